The van der Waals surface area contributed by atoms with E-state index in [9.17, 15) is 27.6 Å². The van der Waals surface area contributed by atoms with E-state index in [1.807, 2.05) is 6.92 Å². The predicted molar refractivity (Wildman–Crippen MR) is 163 cm³/mol. The van der Waals surface area contributed by atoms with Crippen LogP contribution in [0.5, 0.6) is 0 Å². The number of halogens is 5. The number of amides is 1. The third kappa shape index (κ3) is 6.68. The van der Waals surface area contributed by atoms with Crippen LogP contribution in [0.15, 0.2) is 53.5 Å². The number of hydrogen-bond donors (Lipinski definition) is 1. The number of ether oxygens (including phenoxy) is 2. The first-order valence-electron chi connectivity index (χ1n) is 14.6. The molecule has 1 amide bonds. The van der Waals surface area contributed by atoms with Gasteiger partial charge in [0.2, 0.25) is 0 Å². The van der Waals surface area contributed by atoms with Crippen molar-refractivity contribution in [3.05, 3.63) is 93.0 Å². The Morgan fingerprint density at radius 2 is 1.85 bits per heavy atom. The molecule has 5 rings (SSSR count). The third-order valence-electron chi connectivity index (χ3n) is 8.18. The van der Waals surface area contributed by atoms with Gasteiger partial charge in [-0.3, -0.25) is 14.6 Å². The number of carbonyl (C=O) groups is 2. The van der Waals surface area contributed by atoms with Crippen molar-refractivity contribution >= 4 is 28.5 Å². The average molecular weight is 659 g/mol. The number of fused-ring (bicyclic) bond motifs is 1. The molecule has 0 spiro atoms. The van der Waals surface area contributed by atoms with Crippen LogP contribution in [0.2, 0.25) is 0 Å². The molecule has 248 valence electrons. The van der Waals surface area contributed by atoms with E-state index in [2.05, 4.69) is 10.3 Å². The molecule has 1 saturated heterocycles. The van der Waals surface area contributed by atoms with Gasteiger partial charge in [0, 0.05) is 55.1 Å². The Labute approximate surface area is 265 Å². The quantitative estimate of drug-likeness (QED) is 0.222. The van der Waals surface area contributed by atoms with Gasteiger partial charge >= 0.3 is 12.1 Å². The number of hydrogen-bond acceptors (Lipinski definition) is 7. The van der Waals surface area contributed by atoms with Crippen LogP contribution in [-0.2, 0) is 33.9 Å². The lowest BCUT2D eigenvalue weighted by Crippen LogP contribution is -2.44. The molecule has 0 unspecified atom stereocenters. The van der Waals surface area contributed by atoms with Gasteiger partial charge in [-0.2, -0.15) is 13.2 Å². The van der Waals surface area contributed by atoms with Crippen molar-refractivity contribution in [1.29, 1.82) is 0 Å². The van der Waals surface area contributed by atoms with E-state index >= 15 is 8.78 Å². The summed E-state index contributed by atoms with van der Waals surface area (Å²) < 4.78 is 84.2. The van der Waals surface area contributed by atoms with Gasteiger partial charge in [0.25, 0.3) is 11.5 Å². The summed E-state index contributed by atoms with van der Waals surface area (Å²) in [5.41, 5.74) is -2.89. The van der Waals surface area contributed by atoms with Gasteiger partial charge in [0.1, 0.15) is 23.2 Å². The van der Waals surface area contributed by atoms with Crippen molar-refractivity contribution in [3.63, 3.8) is 0 Å². The van der Waals surface area contributed by atoms with E-state index in [0.29, 0.717) is 25.3 Å². The third-order valence-corrected chi connectivity index (χ3v) is 8.18. The molecule has 14 heteroatoms. The summed E-state index contributed by atoms with van der Waals surface area (Å²) in [5, 5.41) is 2.62. The molecule has 3 heterocycles. The Bertz CT molecular complexity index is 1900. The van der Waals surface area contributed by atoms with Crippen molar-refractivity contribution in [2.45, 2.75) is 38.6 Å². The number of aryl methyl sites for hydroxylation is 1. The molecule has 0 radical (unpaired) electrons. The lowest BCUT2D eigenvalue weighted by molar-refractivity contribution is -0.143. The summed E-state index contributed by atoms with van der Waals surface area (Å²) in [7, 11) is 2.42. The maximum Gasteiger partial charge on any atom is 0.417 e. The van der Waals surface area contributed by atoms with Crippen LogP contribution in [0.3, 0.4) is 0 Å². The average Bonchev–Trinajstić information content (AvgIpc) is 3.02. The van der Waals surface area contributed by atoms with Gasteiger partial charge < -0.3 is 24.3 Å². The zero-order valence-electron chi connectivity index (χ0n) is 25.9. The molecule has 0 bridgehead atoms. The molecule has 1 aliphatic heterocycles. The number of alkyl halides is 3. The summed E-state index contributed by atoms with van der Waals surface area (Å²) in [4.78, 5) is 45.2. The summed E-state index contributed by atoms with van der Waals surface area (Å²) in [6, 6.07) is 7.23. The van der Waals surface area contributed by atoms with Crippen molar-refractivity contribution in [3.8, 4) is 11.1 Å². The molecule has 2 aromatic carbocycles. The summed E-state index contributed by atoms with van der Waals surface area (Å²) in [6.45, 7) is 4.37. The van der Waals surface area contributed by atoms with E-state index in [1.54, 1.807) is 4.90 Å². The Morgan fingerprint density at radius 1 is 1.15 bits per heavy atom. The van der Waals surface area contributed by atoms with Crippen LogP contribution in [0.1, 0.15) is 34.1 Å². The van der Waals surface area contributed by atoms with Crippen molar-refractivity contribution < 1.29 is 41.0 Å². The van der Waals surface area contributed by atoms with Crippen LogP contribution in [0.25, 0.3) is 22.0 Å². The van der Waals surface area contributed by atoms with E-state index in [4.69, 9.17) is 9.47 Å². The highest BCUT2D eigenvalue weighted by molar-refractivity contribution is 5.99. The molecular weight excluding hydrogens is 627 g/mol. The topological polar surface area (TPSA) is 103 Å². The lowest BCUT2D eigenvalue weighted by atomic mass is 9.93. The van der Waals surface area contributed by atoms with E-state index in [-0.39, 0.29) is 40.4 Å². The number of rotatable bonds is 7. The van der Waals surface area contributed by atoms with Gasteiger partial charge in [-0.1, -0.05) is 18.2 Å². The first kappa shape index (κ1) is 33.5. The Hall–Kier alpha value is -4.85. The molecule has 2 aromatic heterocycles. The number of morpholine rings is 1. The van der Waals surface area contributed by atoms with Gasteiger partial charge in [-0.05, 0) is 43.7 Å². The fourth-order valence-corrected chi connectivity index (χ4v) is 5.71. The molecule has 1 N–H and O–H groups in total. The normalized spacial score (nSPS) is 15.9. The highest BCUT2D eigenvalue weighted by Crippen LogP contribution is 2.38. The predicted octanol–water partition coefficient (Wildman–Crippen LogP) is 4.95. The maximum absolute atomic E-state index is 15.2. The smallest absolute Gasteiger partial charge is 0.417 e. The number of anilines is 1. The Kier molecular flexibility index (Phi) is 9.34. The lowest BCUT2D eigenvalue weighted by Gasteiger charge is -2.33. The molecule has 9 nitrogen and oxygen atoms in total. The second-order valence-electron chi connectivity index (χ2n) is 11.3. The van der Waals surface area contributed by atoms with Gasteiger partial charge in [0.15, 0.2) is 0 Å². The van der Waals surface area contributed by atoms with Crippen molar-refractivity contribution in [2.75, 3.05) is 31.7 Å². The van der Waals surface area contributed by atoms with Crippen molar-refractivity contribution in [2.24, 2.45) is 7.05 Å². The zero-order valence-corrected chi connectivity index (χ0v) is 25.9. The molecule has 1 fully saturated rings. The van der Waals surface area contributed by atoms with Gasteiger partial charge in [-0.25, -0.2) is 13.6 Å². The number of methoxy groups -OCH3 is 1. The fourth-order valence-electron chi connectivity index (χ4n) is 5.71. The zero-order chi connectivity index (χ0) is 34.2. The van der Waals surface area contributed by atoms with Crippen LogP contribution >= 0.6 is 0 Å². The maximum atomic E-state index is 15.2. The fraction of sp³-hybridized carbons (Fsp3) is 0.333. The minimum absolute atomic E-state index is 0.0384. The highest BCUT2D eigenvalue weighted by Gasteiger charge is 2.37. The number of carbonyl (C=O) groups excluding carboxylic acids is 2. The minimum atomic E-state index is -4.85. The molecular formula is C33H31F5N4O5. The minimum Gasteiger partial charge on any atom is -0.467 e. The molecule has 47 heavy (non-hydrogen) atoms. The molecule has 0 aliphatic carbocycles. The second kappa shape index (κ2) is 13.1. The first-order chi connectivity index (χ1) is 22.2. The Morgan fingerprint density at radius 3 is 2.49 bits per heavy atom. The van der Waals surface area contributed by atoms with Crippen LogP contribution in [-0.4, -0.2) is 60.4 Å². The van der Waals surface area contributed by atoms with Gasteiger partial charge in [-0.15, -0.1) is 0 Å². The standard InChI is InChI=1S/C33H31F5N4O5/c1-17-12-23(33(36,37)38)27(31(44)41(17)3)22-8-7-19(21-6-5-9-39-29(21)22)13-26(32(45)46-4)40-30(43)28-24(34)14-20(15-25(28)35)42-10-11-47-18(2)16-42/h5-9,12,14-15,18,26H,10-11,13,16H2,1-4H3,(H,40,43)/t18-,26-/m0/s1. The first-order valence-corrected chi connectivity index (χ1v) is 14.6. The molecule has 2 atom stereocenters. The van der Waals surface area contributed by atoms with E-state index in [1.165, 1.54) is 44.4 Å². The molecule has 1 aliphatic rings. The SMILES string of the molecule is COC(=O)[C@H](Cc1ccc(-c2c(C(F)(F)F)cc(C)n(C)c2=O)c2ncccc12)NC(=O)c1c(F)cc(N2CCO[C@@H](C)C2)cc1F. The monoisotopic (exact) mass is 658 g/mol. The van der Waals surface area contributed by atoms with E-state index < -0.39 is 58.0 Å². The van der Waals surface area contributed by atoms with Crippen molar-refractivity contribution in [1.82, 2.24) is 14.9 Å². The van der Waals surface area contributed by atoms with Gasteiger partial charge in [0.05, 0.1) is 36.5 Å². The molecule has 0 saturated carbocycles. The number of benzene rings is 2. The highest BCUT2D eigenvalue weighted by atomic mass is 19.4. The van der Waals surface area contributed by atoms with Crippen LogP contribution in [0, 0.1) is 18.6 Å². The number of nitrogens with one attached hydrogen (secondary N) is 1. The van der Waals surface area contributed by atoms with Crippen LogP contribution < -0.4 is 15.8 Å². The Balaban J connectivity index is 1.51. The summed E-state index contributed by atoms with van der Waals surface area (Å²) >= 11 is 0. The number of pyridine rings is 2. The summed E-state index contributed by atoms with van der Waals surface area (Å²) in [5.74, 6) is -4.43. The summed E-state index contributed by atoms with van der Waals surface area (Å²) in [6.07, 6.45) is -3.95. The number of aromatic nitrogens is 2. The molecule has 4 aromatic rings. The van der Waals surface area contributed by atoms with E-state index in [0.717, 1.165) is 29.9 Å². The second-order valence-corrected chi connectivity index (χ2v) is 11.3. The van der Waals surface area contributed by atoms with Crippen LogP contribution in [0.4, 0.5) is 27.6 Å². The number of esters is 1. The largest absolute Gasteiger partial charge is 0.467 e. The number of nitrogens with zero attached hydrogens (tertiary/aromatic N) is 3.